The van der Waals surface area contributed by atoms with Crippen molar-refractivity contribution in [3.05, 3.63) is 84.2 Å². The van der Waals surface area contributed by atoms with Crippen LogP contribution in [-0.4, -0.2) is 28.4 Å². The first kappa shape index (κ1) is 19.9. The summed E-state index contributed by atoms with van der Waals surface area (Å²) in [5.41, 5.74) is 3.43. The van der Waals surface area contributed by atoms with Gasteiger partial charge in [0.05, 0.1) is 12.3 Å². The van der Waals surface area contributed by atoms with Gasteiger partial charge < -0.3 is 15.4 Å². The predicted molar refractivity (Wildman–Crippen MR) is 112 cm³/mol. The monoisotopic (exact) mass is 390 g/mol. The highest BCUT2D eigenvalue weighted by Gasteiger charge is 2.03. The summed E-state index contributed by atoms with van der Waals surface area (Å²) in [7, 11) is 0. The molecule has 0 aliphatic heterocycles. The van der Waals surface area contributed by atoms with Crippen LogP contribution < -0.4 is 10.6 Å². The van der Waals surface area contributed by atoms with Crippen molar-refractivity contribution >= 4 is 23.8 Å². The van der Waals surface area contributed by atoms with Gasteiger partial charge in [-0.3, -0.25) is 0 Å². The van der Waals surface area contributed by atoms with E-state index < -0.39 is 0 Å². The van der Waals surface area contributed by atoms with E-state index in [9.17, 15) is 9.59 Å². The predicted octanol–water partition coefficient (Wildman–Crippen LogP) is 3.77. The van der Waals surface area contributed by atoms with Crippen molar-refractivity contribution in [1.82, 2.24) is 15.1 Å². The number of ether oxygens (including phenoxy) is 1. The molecule has 0 atom stereocenters. The first-order valence-corrected chi connectivity index (χ1v) is 9.23. The van der Waals surface area contributed by atoms with Crippen LogP contribution in [0.5, 0.6) is 0 Å². The number of urea groups is 1. The molecule has 2 aromatic carbocycles. The van der Waals surface area contributed by atoms with E-state index in [2.05, 4.69) is 15.7 Å². The Morgan fingerprint density at radius 1 is 1.10 bits per heavy atom. The molecule has 148 valence electrons. The molecule has 0 radical (unpaired) electrons. The zero-order valence-electron chi connectivity index (χ0n) is 16.0. The number of nitrogens with zero attached hydrogens (tertiary/aromatic N) is 2. The van der Waals surface area contributed by atoms with Crippen molar-refractivity contribution in [2.24, 2.45) is 0 Å². The fraction of sp³-hybridized carbons (Fsp3) is 0.136. The van der Waals surface area contributed by atoms with Crippen LogP contribution in [0, 0.1) is 0 Å². The summed E-state index contributed by atoms with van der Waals surface area (Å²) >= 11 is 0. The smallest absolute Gasteiger partial charge is 0.330 e. The maximum absolute atomic E-state index is 12.1. The molecule has 0 unspecified atom stereocenters. The van der Waals surface area contributed by atoms with Crippen molar-refractivity contribution < 1.29 is 14.3 Å². The first-order valence-electron chi connectivity index (χ1n) is 9.23. The van der Waals surface area contributed by atoms with E-state index in [0.29, 0.717) is 18.8 Å². The van der Waals surface area contributed by atoms with Crippen molar-refractivity contribution in [3.63, 3.8) is 0 Å². The lowest BCUT2D eigenvalue weighted by atomic mass is 10.2. The number of rotatable bonds is 7. The Bertz CT molecular complexity index is 962. The molecule has 0 aliphatic rings. The SMILES string of the molecule is CCOC(=O)/C=C\c1ccc(NC(=O)NCc2ccc(-n3cccn3)cc2)cc1. The van der Waals surface area contributed by atoms with Gasteiger partial charge in [-0.25, -0.2) is 14.3 Å². The highest BCUT2D eigenvalue weighted by atomic mass is 16.5. The third-order valence-corrected chi connectivity index (χ3v) is 4.03. The molecule has 0 fully saturated rings. The Kier molecular flexibility index (Phi) is 6.78. The van der Waals surface area contributed by atoms with Gasteiger partial charge in [-0.15, -0.1) is 0 Å². The van der Waals surface area contributed by atoms with Gasteiger partial charge in [0, 0.05) is 30.7 Å². The summed E-state index contributed by atoms with van der Waals surface area (Å²) in [5, 5.41) is 9.78. The summed E-state index contributed by atoms with van der Waals surface area (Å²) < 4.78 is 6.61. The topological polar surface area (TPSA) is 85.2 Å². The molecular formula is C22H22N4O3. The zero-order valence-corrected chi connectivity index (χ0v) is 16.0. The third kappa shape index (κ3) is 6.07. The fourth-order valence-electron chi connectivity index (χ4n) is 2.58. The molecule has 3 rings (SSSR count). The van der Waals surface area contributed by atoms with Crippen molar-refractivity contribution in [1.29, 1.82) is 0 Å². The Morgan fingerprint density at radius 2 is 1.86 bits per heavy atom. The Morgan fingerprint density at radius 3 is 2.52 bits per heavy atom. The van der Waals surface area contributed by atoms with Gasteiger partial charge in [0.2, 0.25) is 0 Å². The number of amides is 2. The van der Waals surface area contributed by atoms with Crippen molar-refractivity contribution in [2.75, 3.05) is 11.9 Å². The van der Waals surface area contributed by atoms with E-state index in [1.807, 2.05) is 36.5 Å². The highest BCUT2D eigenvalue weighted by Crippen LogP contribution is 2.11. The van der Waals surface area contributed by atoms with Crippen LogP contribution in [0.2, 0.25) is 0 Å². The zero-order chi connectivity index (χ0) is 20.5. The van der Waals surface area contributed by atoms with Crippen LogP contribution >= 0.6 is 0 Å². The van der Waals surface area contributed by atoms with Crippen LogP contribution in [0.4, 0.5) is 10.5 Å². The fourth-order valence-corrected chi connectivity index (χ4v) is 2.58. The minimum absolute atomic E-state index is 0.295. The quantitative estimate of drug-likeness (QED) is 0.475. The number of esters is 1. The summed E-state index contributed by atoms with van der Waals surface area (Å²) in [6.07, 6.45) is 6.63. The second kappa shape index (κ2) is 9.89. The molecule has 29 heavy (non-hydrogen) atoms. The number of hydrogen-bond donors (Lipinski definition) is 2. The third-order valence-electron chi connectivity index (χ3n) is 4.03. The summed E-state index contributed by atoms with van der Waals surface area (Å²) in [6.45, 7) is 2.51. The number of carbonyl (C=O) groups is 2. The molecule has 1 heterocycles. The summed E-state index contributed by atoms with van der Waals surface area (Å²) in [5.74, 6) is -0.383. The molecule has 0 spiro atoms. The van der Waals surface area contributed by atoms with Crippen LogP contribution in [0.25, 0.3) is 11.8 Å². The minimum atomic E-state index is -0.383. The number of carbonyl (C=O) groups excluding carboxylic acids is 2. The number of hydrogen-bond acceptors (Lipinski definition) is 4. The molecule has 7 nitrogen and oxygen atoms in total. The van der Waals surface area contributed by atoms with Gasteiger partial charge in [0.1, 0.15) is 0 Å². The van der Waals surface area contributed by atoms with Crippen LogP contribution in [0.15, 0.2) is 73.1 Å². The lowest BCUT2D eigenvalue weighted by Crippen LogP contribution is -2.28. The van der Waals surface area contributed by atoms with Gasteiger partial charge >= 0.3 is 12.0 Å². The average molecular weight is 390 g/mol. The van der Waals surface area contributed by atoms with Gasteiger partial charge in [-0.2, -0.15) is 5.10 Å². The maximum Gasteiger partial charge on any atom is 0.330 e. The molecule has 7 heteroatoms. The molecule has 0 bridgehead atoms. The molecule has 2 amide bonds. The van der Waals surface area contributed by atoms with Gasteiger partial charge in [-0.1, -0.05) is 24.3 Å². The first-order chi connectivity index (χ1) is 14.1. The number of benzene rings is 2. The number of nitrogens with one attached hydrogen (secondary N) is 2. The van der Waals surface area contributed by atoms with Crippen LogP contribution in [-0.2, 0) is 16.1 Å². The molecule has 3 aromatic rings. The highest BCUT2D eigenvalue weighted by molar-refractivity contribution is 5.90. The molecule has 0 saturated heterocycles. The lowest BCUT2D eigenvalue weighted by molar-refractivity contribution is -0.137. The molecule has 0 saturated carbocycles. The second-order valence-electron chi connectivity index (χ2n) is 6.13. The normalized spacial score (nSPS) is 10.7. The van der Waals surface area contributed by atoms with E-state index >= 15 is 0 Å². The van der Waals surface area contributed by atoms with E-state index in [1.165, 1.54) is 6.08 Å². The molecule has 2 N–H and O–H groups in total. The Hall–Kier alpha value is -3.87. The van der Waals surface area contributed by atoms with Crippen molar-refractivity contribution in [2.45, 2.75) is 13.5 Å². The second-order valence-corrected chi connectivity index (χ2v) is 6.13. The van der Waals surface area contributed by atoms with E-state index in [0.717, 1.165) is 16.8 Å². The van der Waals surface area contributed by atoms with E-state index in [-0.39, 0.29) is 12.0 Å². The van der Waals surface area contributed by atoms with Gasteiger partial charge in [0.15, 0.2) is 0 Å². The van der Waals surface area contributed by atoms with E-state index in [4.69, 9.17) is 4.74 Å². The largest absolute Gasteiger partial charge is 0.463 e. The maximum atomic E-state index is 12.1. The molecule has 0 aliphatic carbocycles. The van der Waals surface area contributed by atoms with Crippen molar-refractivity contribution in [3.8, 4) is 5.69 Å². The number of aromatic nitrogens is 2. The van der Waals surface area contributed by atoms with Crippen LogP contribution in [0.1, 0.15) is 18.1 Å². The summed E-state index contributed by atoms with van der Waals surface area (Å²) in [4.78, 5) is 23.4. The van der Waals surface area contributed by atoms with Gasteiger partial charge in [0.25, 0.3) is 0 Å². The average Bonchev–Trinajstić information content (AvgIpc) is 3.27. The minimum Gasteiger partial charge on any atom is -0.463 e. The molecular weight excluding hydrogens is 368 g/mol. The Labute approximate surface area is 169 Å². The standard InChI is InChI=1S/C22H22N4O3/c1-2-29-21(27)13-8-17-4-9-19(10-5-17)25-22(28)23-16-18-6-11-20(12-7-18)26-15-3-14-24-26/h3-15H,2,16H2,1H3,(H2,23,25,28)/b13-8-. The van der Waals surface area contributed by atoms with Crippen LogP contribution in [0.3, 0.4) is 0 Å². The Balaban J connectivity index is 1.47. The number of anilines is 1. The molecule has 1 aromatic heterocycles. The summed E-state index contributed by atoms with van der Waals surface area (Å²) in [6, 6.07) is 16.5. The van der Waals surface area contributed by atoms with Gasteiger partial charge in [-0.05, 0) is 54.5 Å². The lowest BCUT2D eigenvalue weighted by Gasteiger charge is -2.09. The van der Waals surface area contributed by atoms with E-state index in [1.54, 1.807) is 48.1 Å².